The summed E-state index contributed by atoms with van der Waals surface area (Å²) in [6.07, 6.45) is 0. The SMILES string of the molecule is Cc1ccc(N)c(NC(=O)NCOc2ccccc2)c1. The van der Waals surface area contributed by atoms with Gasteiger partial charge < -0.3 is 21.1 Å². The summed E-state index contributed by atoms with van der Waals surface area (Å²) in [5.74, 6) is 0.697. The highest BCUT2D eigenvalue weighted by molar-refractivity contribution is 5.92. The quantitative estimate of drug-likeness (QED) is 0.591. The van der Waals surface area contributed by atoms with Crippen LogP contribution in [0.25, 0.3) is 0 Å². The Labute approximate surface area is 117 Å². The van der Waals surface area contributed by atoms with E-state index in [0.29, 0.717) is 17.1 Å². The number of para-hydroxylation sites is 1. The first-order chi connectivity index (χ1) is 9.65. The number of hydrogen-bond donors (Lipinski definition) is 3. The molecule has 5 heteroatoms. The largest absolute Gasteiger partial charge is 0.473 e. The molecule has 0 atom stereocenters. The average Bonchev–Trinajstić information content (AvgIpc) is 2.44. The number of hydrogen-bond acceptors (Lipinski definition) is 3. The van der Waals surface area contributed by atoms with Crippen LogP contribution in [0.3, 0.4) is 0 Å². The van der Waals surface area contributed by atoms with Crippen LogP contribution in [0.5, 0.6) is 5.75 Å². The zero-order chi connectivity index (χ0) is 14.4. The van der Waals surface area contributed by atoms with Crippen molar-refractivity contribution in [3.8, 4) is 5.75 Å². The molecule has 0 unspecified atom stereocenters. The minimum atomic E-state index is -0.363. The van der Waals surface area contributed by atoms with Crippen molar-refractivity contribution < 1.29 is 9.53 Å². The van der Waals surface area contributed by atoms with E-state index in [9.17, 15) is 4.79 Å². The lowest BCUT2D eigenvalue weighted by Crippen LogP contribution is -2.32. The molecule has 0 aliphatic carbocycles. The van der Waals surface area contributed by atoms with Gasteiger partial charge in [-0.05, 0) is 36.8 Å². The molecule has 0 bridgehead atoms. The van der Waals surface area contributed by atoms with E-state index in [1.807, 2.05) is 49.4 Å². The van der Waals surface area contributed by atoms with E-state index < -0.39 is 0 Å². The molecule has 0 fully saturated rings. The Morgan fingerprint density at radius 3 is 2.70 bits per heavy atom. The van der Waals surface area contributed by atoms with Gasteiger partial charge in [-0.25, -0.2) is 4.79 Å². The fourth-order valence-electron chi connectivity index (χ4n) is 1.65. The summed E-state index contributed by atoms with van der Waals surface area (Å²) in [4.78, 5) is 11.7. The number of nitrogens with one attached hydrogen (secondary N) is 2. The third-order valence-electron chi connectivity index (χ3n) is 2.67. The van der Waals surface area contributed by atoms with Crippen LogP contribution in [-0.2, 0) is 0 Å². The van der Waals surface area contributed by atoms with E-state index in [1.165, 1.54) is 0 Å². The van der Waals surface area contributed by atoms with Gasteiger partial charge in [0, 0.05) is 0 Å². The number of nitrogen functional groups attached to an aromatic ring is 1. The number of nitrogens with two attached hydrogens (primary N) is 1. The summed E-state index contributed by atoms with van der Waals surface area (Å²) in [6.45, 7) is 2.02. The smallest absolute Gasteiger partial charge is 0.321 e. The van der Waals surface area contributed by atoms with Crippen LogP contribution < -0.4 is 21.1 Å². The topological polar surface area (TPSA) is 76.4 Å². The van der Waals surface area contributed by atoms with Crippen LogP contribution in [0.2, 0.25) is 0 Å². The third-order valence-corrected chi connectivity index (χ3v) is 2.67. The molecule has 0 aliphatic heterocycles. The normalized spacial score (nSPS) is 9.85. The van der Waals surface area contributed by atoms with Crippen molar-refractivity contribution >= 4 is 17.4 Å². The zero-order valence-corrected chi connectivity index (χ0v) is 11.2. The number of urea groups is 1. The van der Waals surface area contributed by atoms with Crippen molar-refractivity contribution in [3.05, 3.63) is 54.1 Å². The number of benzene rings is 2. The lowest BCUT2D eigenvalue weighted by molar-refractivity contribution is 0.234. The van der Waals surface area contributed by atoms with Crippen molar-refractivity contribution in [1.29, 1.82) is 0 Å². The molecule has 4 N–H and O–H groups in total. The van der Waals surface area contributed by atoms with Crippen molar-refractivity contribution in [3.63, 3.8) is 0 Å². The molecule has 104 valence electrons. The van der Waals surface area contributed by atoms with Crippen LogP contribution in [0.4, 0.5) is 16.2 Å². The number of carbonyl (C=O) groups excluding carboxylic acids is 1. The molecule has 0 aliphatic rings. The Morgan fingerprint density at radius 2 is 1.95 bits per heavy atom. The second kappa shape index (κ2) is 6.47. The highest BCUT2D eigenvalue weighted by Gasteiger charge is 2.04. The van der Waals surface area contributed by atoms with Crippen molar-refractivity contribution in [1.82, 2.24) is 5.32 Å². The second-order valence-corrected chi connectivity index (χ2v) is 4.32. The molecule has 0 spiro atoms. The van der Waals surface area contributed by atoms with Gasteiger partial charge in [-0.2, -0.15) is 0 Å². The lowest BCUT2D eigenvalue weighted by Gasteiger charge is -2.11. The van der Waals surface area contributed by atoms with Gasteiger partial charge in [-0.15, -0.1) is 0 Å². The highest BCUT2D eigenvalue weighted by Crippen LogP contribution is 2.19. The molecule has 2 aromatic rings. The first-order valence-electron chi connectivity index (χ1n) is 6.24. The van der Waals surface area contributed by atoms with Crippen LogP contribution in [-0.4, -0.2) is 12.8 Å². The van der Waals surface area contributed by atoms with Gasteiger partial charge in [0.05, 0.1) is 11.4 Å². The molecule has 0 saturated heterocycles. The predicted octanol–water partition coefficient (Wildman–Crippen LogP) is 2.74. The van der Waals surface area contributed by atoms with Crippen molar-refractivity contribution in [2.75, 3.05) is 17.8 Å². The molecule has 0 radical (unpaired) electrons. The molecule has 0 heterocycles. The summed E-state index contributed by atoms with van der Waals surface area (Å²) >= 11 is 0. The van der Waals surface area contributed by atoms with E-state index in [1.54, 1.807) is 6.07 Å². The Hall–Kier alpha value is -2.69. The van der Waals surface area contributed by atoms with Crippen molar-refractivity contribution in [2.24, 2.45) is 0 Å². The van der Waals surface area contributed by atoms with E-state index in [4.69, 9.17) is 10.5 Å². The van der Waals surface area contributed by atoms with Crippen LogP contribution in [0.1, 0.15) is 5.56 Å². The standard InChI is InChI=1S/C15H17N3O2/c1-11-7-8-13(16)14(9-11)18-15(19)17-10-20-12-5-3-2-4-6-12/h2-9H,10,16H2,1H3,(H2,17,18,19). The average molecular weight is 271 g/mol. The summed E-state index contributed by atoms with van der Waals surface area (Å²) in [5, 5.41) is 5.28. The molecular weight excluding hydrogens is 254 g/mol. The minimum Gasteiger partial charge on any atom is -0.473 e. The maximum absolute atomic E-state index is 11.7. The molecule has 2 aromatic carbocycles. The molecule has 20 heavy (non-hydrogen) atoms. The van der Waals surface area contributed by atoms with Gasteiger partial charge in [-0.3, -0.25) is 0 Å². The fourth-order valence-corrected chi connectivity index (χ4v) is 1.65. The Kier molecular flexibility index (Phi) is 4.44. The van der Waals surface area contributed by atoms with Crippen LogP contribution in [0, 0.1) is 6.92 Å². The zero-order valence-electron chi connectivity index (χ0n) is 11.2. The first kappa shape index (κ1) is 13.7. The number of rotatable bonds is 4. The Balaban J connectivity index is 1.82. The van der Waals surface area contributed by atoms with Gasteiger partial charge in [0.15, 0.2) is 6.73 Å². The fraction of sp³-hybridized carbons (Fsp3) is 0.133. The minimum absolute atomic E-state index is 0.0849. The number of anilines is 2. The highest BCUT2D eigenvalue weighted by atomic mass is 16.5. The van der Waals surface area contributed by atoms with Gasteiger partial charge in [0.25, 0.3) is 0 Å². The van der Waals surface area contributed by atoms with E-state index in [-0.39, 0.29) is 12.8 Å². The van der Waals surface area contributed by atoms with Crippen LogP contribution in [0.15, 0.2) is 48.5 Å². The van der Waals surface area contributed by atoms with Gasteiger partial charge >= 0.3 is 6.03 Å². The predicted molar refractivity (Wildman–Crippen MR) is 79.7 cm³/mol. The van der Waals surface area contributed by atoms with E-state index >= 15 is 0 Å². The molecular formula is C15H17N3O2. The van der Waals surface area contributed by atoms with Crippen molar-refractivity contribution in [2.45, 2.75) is 6.92 Å². The van der Waals surface area contributed by atoms with E-state index in [0.717, 1.165) is 5.56 Å². The summed E-state index contributed by atoms with van der Waals surface area (Å²) in [7, 11) is 0. The number of ether oxygens (including phenoxy) is 1. The number of carbonyl (C=O) groups is 1. The van der Waals surface area contributed by atoms with Crippen LogP contribution >= 0.6 is 0 Å². The maximum atomic E-state index is 11.7. The summed E-state index contributed by atoms with van der Waals surface area (Å²) < 4.78 is 5.37. The molecule has 0 saturated carbocycles. The van der Waals surface area contributed by atoms with Gasteiger partial charge in [-0.1, -0.05) is 24.3 Å². The molecule has 0 aromatic heterocycles. The lowest BCUT2D eigenvalue weighted by atomic mass is 10.2. The summed E-state index contributed by atoms with van der Waals surface area (Å²) in [5.41, 5.74) is 7.92. The molecule has 2 amide bonds. The molecule has 5 nitrogen and oxygen atoms in total. The summed E-state index contributed by atoms with van der Waals surface area (Å²) in [6, 6.07) is 14.4. The monoisotopic (exact) mass is 271 g/mol. The van der Waals surface area contributed by atoms with Gasteiger partial charge in [0.2, 0.25) is 0 Å². The third kappa shape index (κ3) is 3.91. The van der Waals surface area contributed by atoms with E-state index in [2.05, 4.69) is 10.6 Å². The Morgan fingerprint density at radius 1 is 1.20 bits per heavy atom. The number of aryl methyl sites for hydroxylation is 1. The maximum Gasteiger partial charge on any atom is 0.321 e. The second-order valence-electron chi connectivity index (χ2n) is 4.32. The first-order valence-corrected chi connectivity index (χ1v) is 6.24. The Bertz CT molecular complexity index is 585. The molecule has 2 rings (SSSR count). The van der Waals surface area contributed by atoms with Gasteiger partial charge in [0.1, 0.15) is 5.75 Å². The number of amides is 2.